The highest BCUT2D eigenvalue weighted by Crippen LogP contribution is 2.36. The molecule has 0 bridgehead atoms. The molecule has 0 radical (unpaired) electrons. The summed E-state index contributed by atoms with van der Waals surface area (Å²) < 4.78 is 1.03. The van der Waals surface area contributed by atoms with E-state index in [1.54, 1.807) is 12.1 Å². The molecule has 1 heterocycles. The molecule has 0 unspecified atom stereocenters. The molecule has 0 aliphatic heterocycles. The van der Waals surface area contributed by atoms with Crippen LogP contribution < -0.4 is 5.32 Å². The van der Waals surface area contributed by atoms with Crippen molar-refractivity contribution in [1.29, 1.82) is 5.26 Å². The van der Waals surface area contributed by atoms with Crippen molar-refractivity contribution in [3.05, 3.63) is 64.2 Å². The summed E-state index contributed by atoms with van der Waals surface area (Å²) >= 11 is 1.49. The molecule has 0 aliphatic rings. The van der Waals surface area contributed by atoms with Crippen LogP contribution in [0.1, 0.15) is 5.56 Å². The average Bonchev–Trinajstić information content (AvgIpc) is 2.84. The predicted molar refractivity (Wildman–Crippen MR) is 82.9 cm³/mol. The smallest absolute Gasteiger partial charge is 0.269 e. The number of nitriles is 1. The summed E-state index contributed by atoms with van der Waals surface area (Å²) in [5.74, 6) is 0. The molecule has 0 aliphatic carbocycles. The Morgan fingerprint density at radius 1 is 1.14 bits per heavy atom. The third-order valence-electron chi connectivity index (χ3n) is 3.04. The number of hydrogen-bond acceptors (Lipinski definition) is 5. The lowest BCUT2D eigenvalue weighted by Gasteiger charge is -2.03. The van der Waals surface area contributed by atoms with E-state index in [9.17, 15) is 15.4 Å². The fourth-order valence-electron chi connectivity index (χ4n) is 2.04. The van der Waals surface area contributed by atoms with Gasteiger partial charge in [-0.25, -0.2) is 0 Å². The molecule has 6 heteroatoms. The van der Waals surface area contributed by atoms with Gasteiger partial charge >= 0.3 is 0 Å². The number of nitrogens with zero attached hydrogens (tertiary/aromatic N) is 2. The number of anilines is 2. The molecule has 0 saturated carbocycles. The standard InChI is InChI=1S/C15H9N3O2S/c16-9-13-12-3-1-2-4-14(12)21-15(13)17-10-5-7-11(8-6-10)18(19)20/h1-8,17H. The van der Waals surface area contributed by atoms with E-state index in [0.717, 1.165) is 15.1 Å². The second-order valence-electron chi connectivity index (χ2n) is 4.34. The maximum Gasteiger partial charge on any atom is 0.269 e. The van der Waals surface area contributed by atoms with E-state index in [1.165, 1.54) is 23.5 Å². The van der Waals surface area contributed by atoms with Gasteiger partial charge in [0.15, 0.2) is 0 Å². The van der Waals surface area contributed by atoms with E-state index in [2.05, 4.69) is 11.4 Å². The Morgan fingerprint density at radius 3 is 2.52 bits per heavy atom. The van der Waals surface area contributed by atoms with Crippen LogP contribution >= 0.6 is 11.3 Å². The summed E-state index contributed by atoms with van der Waals surface area (Å²) in [7, 11) is 0. The molecule has 102 valence electrons. The molecule has 1 N–H and O–H groups in total. The van der Waals surface area contributed by atoms with Gasteiger partial charge in [-0.3, -0.25) is 10.1 Å². The van der Waals surface area contributed by atoms with Crippen molar-refractivity contribution in [3.63, 3.8) is 0 Å². The zero-order chi connectivity index (χ0) is 14.8. The monoisotopic (exact) mass is 295 g/mol. The van der Waals surface area contributed by atoms with E-state index in [1.807, 2.05) is 24.3 Å². The summed E-state index contributed by atoms with van der Waals surface area (Å²) in [5, 5.41) is 24.8. The van der Waals surface area contributed by atoms with Crippen LogP contribution in [0.2, 0.25) is 0 Å². The van der Waals surface area contributed by atoms with Crippen molar-refractivity contribution in [3.8, 4) is 6.07 Å². The topological polar surface area (TPSA) is 79.0 Å². The van der Waals surface area contributed by atoms with Gasteiger partial charge in [0.25, 0.3) is 5.69 Å². The van der Waals surface area contributed by atoms with E-state index in [4.69, 9.17) is 0 Å². The number of benzene rings is 2. The van der Waals surface area contributed by atoms with E-state index >= 15 is 0 Å². The van der Waals surface area contributed by atoms with Gasteiger partial charge in [0.05, 0.1) is 10.5 Å². The Hall–Kier alpha value is -2.91. The minimum absolute atomic E-state index is 0.0393. The molecule has 0 spiro atoms. The van der Waals surface area contributed by atoms with Crippen molar-refractivity contribution >= 4 is 37.8 Å². The third-order valence-corrected chi connectivity index (χ3v) is 4.13. The van der Waals surface area contributed by atoms with E-state index < -0.39 is 4.92 Å². The van der Waals surface area contributed by atoms with Crippen molar-refractivity contribution in [2.75, 3.05) is 5.32 Å². The highest BCUT2D eigenvalue weighted by atomic mass is 32.1. The molecule has 1 aromatic heterocycles. The molecule has 0 saturated heterocycles. The summed E-state index contributed by atoms with van der Waals surface area (Å²) in [5.41, 5.74) is 1.34. The molecule has 0 fully saturated rings. The van der Waals surface area contributed by atoms with Gasteiger partial charge in [-0.1, -0.05) is 18.2 Å². The Labute approximate surface area is 124 Å². The summed E-state index contributed by atoms with van der Waals surface area (Å²) in [6, 6.07) is 16.0. The number of non-ortho nitro benzene ring substituents is 1. The number of fused-ring (bicyclic) bond motifs is 1. The maximum atomic E-state index is 10.6. The van der Waals surface area contributed by atoms with Crippen LogP contribution in [0.3, 0.4) is 0 Å². The van der Waals surface area contributed by atoms with Crippen LogP contribution in [0, 0.1) is 21.4 Å². The number of thiophene rings is 1. The zero-order valence-corrected chi connectivity index (χ0v) is 11.6. The number of nitro groups is 1. The first-order chi connectivity index (χ1) is 10.2. The van der Waals surface area contributed by atoms with Gasteiger partial charge in [-0.2, -0.15) is 5.26 Å². The minimum Gasteiger partial charge on any atom is -0.346 e. The molecule has 0 atom stereocenters. The van der Waals surface area contributed by atoms with Crippen molar-refractivity contribution < 1.29 is 4.92 Å². The number of hydrogen-bond donors (Lipinski definition) is 1. The van der Waals surface area contributed by atoms with Crippen LogP contribution in [0.4, 0.5) is 16.4 Å². The van der Waals surface area contributed by atoms with Crippen LogP contribution in [-0.2, 0) is 0 Å². The fraction of sp³-hybridized carbons (Fsp3) is 0. The molecule has 21 heavy (non-hydrogen) atoms. The van der Waals surface area contributed by atoms with Gasteiger partial charge < -0.3 is 5.32 Å². The molecular formula is C15H9N3O2S. The van der Waals surface area contributed by atoms with Gasteiger partial charge in [0, 0.05) is 27.9 Å². The lowest BCUT2D eigenvalue weighted by molar-refractivity contribution is -0.384. The quantitative estimate of drug-likeness (QED) is 0.573. The van der Waals surface area contributed by atoms with E-state index in [-0.39, 0.29) is 5.69 Å². The summed E-state index contributed by atoms with van der Waals surface area (Å²) in [6.45, 7) is 0. The molecule has 5 nitrogen and oxygen atoms in total. The predicted octanol–water partition coefficient (Wildman–Crippen LogP) is 4.42. The van der Waals surface area contributed by atoms with Crippen LogP contribution in [0.15, 0.2) is 48.5 Å². The van der Waals surface area contributed by atoms with Crippen molar-refractivity contribution in [1.82, 2.24) is 0 Å². The lowest BCUT2D eigenvalue weighted by atomic mass is 10.2. The van der Waals surface area contributed by atoms with Crippen molar-refractivity contribution in [2.24, 2.45) is 0 Å². The number of nitro benzene ring substituents is 1. The third kappa shape index (κ3) is 2.42. The molecular weight excluding hydrogens is 286 g/mol. The first-order valence-electron chi connectivity index (χ1n) is 6.12. The highest BCUT2D eigenvalue weighted by Gasteiger charge is 2.12. The Balaban J connectivity index is 1.98. The van der Waals surface area contributed by atoms with Gasteiger partial charge in [-0.15, -0.1) is 11.3 Å². The Morgan fingerprint density at radius 2 is 1.86 bits per heavy atom. The fourth-order valence-corrected chi connectivity index (χ4v) is 3.12. The Bertz CT molecular complexity index is 863. The maximum absolute atomic E-state index is 10.6. The number of nitrogens with one attached hydrogen (secondary N) is 1. The summed E-state index contributed by atoms with van der Waals surface area (Å²) in [4.78, 5) is 10.2. The zero-order valence-electron chi connectivity index (χ0n) is 10.7. The first kappa shape index (κ1) is 13.1. The van der Waals surface area contributed by atoms with Crippen LogP contribution in [0.5, 0.6) is 0 Å². The Kier molecular flexibility index (Phi) is 3.26. The second kappa shape index (κ2) is 5.23. The van der Waals surface area contributed by atoms with Crippen LogP contribution in [0.25, 0.3) is 10.1 Å². The second-order valence-corrected chi connectivity index (χ2v) is 5.40. The number of rotatable bonds is 3. The molecule has 3 aromatic rings. The highest BCUT2D eigenvalue weighted by molar-refractivity contribution is 7.23. The van der Waals surface area contributed by atoms with Gasteiger partial charge in [0.1, 0.15) is 11.1 Å². The largest absolute Gasteiger partial charge is 0.346 e. The van der Waals surface area contributed by atoms with Gasteiger partial charge in [0.2, 0.25) is 0 Å². The minimum atomic E-state index is -0.441. The average molecular weight is 295 g/mol. The molecule has 2 aromatic carbocycles. The first-order valence-corrected chi connectivity index (χ1v) is 6.94. The van der Waals surface area contributed by atoms with E-state index in [0.29, 0.717) is 11.3 Å². The van der Waals surface area contributed by atoms with Gasteiger partial charge in [-0.05, 0) is 18.2 Å². The molecule has 3 rings (SSSR count). The normalized spacial score (nSPS) is 10.2. The van der Waals surface area contributed by atoms with Crippen LogP contribution in [-0.4, -0.2) is 4.92 Å². The lowest BCUT2D eigenvalue weighted by Crippen LogP contribution is -1.91. The SMILES string of the molecule is N#Cc1c(Nc2ccc([N+](=O)[O-])cc2)sc2ccccc12. The molecule has 0 amide bonds. The van der Waals surface area contributed by atoms with Crippen molar-refractivity contribution in [2.45, 2.75) is 0 Å². The summed E-state index contributed by atoms with van der Waals surface area (Å²) in [6.07, 6.45) is 0.